The molecule has 0 unspecified atom stereocenters. The third-order valence-corrected chi connectivity index (χ3v) is 3.03. The number of fused-ring (bicyclic) bond motifs is 1. The van der Waals surface area contributed by atoms with Crippen LogP contribution in [0.1, 0.15) is 5.56 Å². The fraction of sp³-hybridized carbons (Fsp3) is 0.0714. The van der Waals surface area contributed by atoms with Gasteiger partial charge < -0.3 is 4.98 Å². The quantitative estimate of drug-likeness (QED) is 0.658. The lowest BCUT2D eigenvalue weighted by molar-refractivity contribution is -0.139. The molecule has 0 saturated heterocycles. The smallest absolute Gasteiger partial charge is 0.359 e. The molecule has 1 N–H and O–H groups in total. The molecule has 2 aromatic heterocycles. The van der Waals surface area contributed by atoms with E-state index in [1.54, 1.807) is 12.1 Å². The van der Waals surface area contributed by atoms with Gasteiger partial charge in [0.25, 0.3) is 0 Å². The van der Waals surface area contributed by atoms with Crippen molar-refractivity contribution in [2.45, 2.75) is 6.18 Å². The minimum atomic E-state index is -4.72. The van der Waals surface area contributed by atoms with Crippen molar-refractivity contribution in [1.82, 2.24) is 9.97 Å². The zero-order valence-corrected chi connectivity index (χ0v) is 10.0. The maximum atomic E-state index is 14.1. The summed E-state index contributed by atoms with van der Waals surface area (Å²) in [7, 11) is 0. The number of nitrogens with zero attached hydrogens (tertiary/aromatic N) is 1. The van der Waals surface area contributed by atoms with Crippen LogP contribution in [0.15, 0.2) is 42.7 Å². The molecule has 0 fully saturated rings. The van der Waals surface area contributed by atoms with Crippen molar-refractivity contribution in [1.29, 1.82) is 0 Å². The fourth-order valence-corrected chi connectivity index (χ4v) is 2.12. The number of H-pyrrole nitrogens is 1. The third-order valence-electron chi connectivity index (χ3n) is 3.03. The lowest BCUT2D eigenvalue weighted by atomic mass is 10.0. The van der Waals surface area contributed by atoms with Crippen molar-refractivity contribution in [3.63, 3.8) is 0 Å². The fourth-order valence-electron chi connectivity index (χ4n) is 2.12. The summed E-state index contributed by atoms with van der Waals surface area (Å²) in [5, 5.41) is 0. The molecule has 102 valence electrons. The molecule has 0 atom stereocenters. The first-order chi connectivity index (χ1) is 9.48. The predicted molar refractivity (Wildman–Crippen MR) is 66.5 cm³/mol. The van der Waals surface area contributed by atoms with E-state index in [1.807, 2.05) is 0 Å². The number of alkyl halides is 3. The van der Waals surface area contributed by atoms with Crippen LogP contribution in [0.2, 0.25) is 0 Å². The first-order valence-corrected chi connectivity index (χ1v) is 5.76. The number of halogens is 4. The van der Waals surface area contributed by atoms with Crippen molar-refractivity contribution in [2.75, 3.05) is 0 Å². The Morgan fingerprint density at radius 1 is 1.00 bits per heavy atom. The highest BCUT2D eigenvalue weighted by Crippen LogP contribution is 2.37. The van der Waals surface area contributed by atoms with Gasteiger partial charge in [0, 0.05) is 23.5 Å². The minimum Gasteiger partial charge on any atom is -0.359 e. The van der Waals surface area contributed by atoms with E-state index in [0.717, 1.165) is 6.07 Å². The Balaban J connectivity index is 2.25. The van der Waals surface area contributed by atoms with Gasteiger partial charge >= 0.3 is 6.18 Å². The number of rotatable bonds is 1. The lowest BCUT2D eigenvalue weighted by Crippen LogP contribution is -2.08. The second-order valence-corrected chi connectivity index (χ2v) is 4.27. The Hall–Kier alpha value is -2.37. The van der Waals surface area contributed by atoms with Gasteiger partial charge in [-0.25, -0.2) is 4.39 Å². The Bertz CT molecular complexity index is 774. The van der Waals surface area contributed by atoms with Crippen molar-refractivity contribution in [3.05, 3.63) is 54.1 Å². The molecule has 20 heavy (non-hydrogen) atoms. The summed E-state index contributed by atoms with van der Waals surface area (Å²) in [4.78, 5) is 6.93. The Labute approximate surface area is 111 Å². The van der Waals surface area contributed by atoms with Gasteiger partial charge in [0.15, 0.2) is 0 Å². The van der Waals surface area contributed by atoms with Crippen molar-refractivity contribution < 1.29 is 17.6 Å². The van der Waals surface area contributed by atoms with Gasteiger partial charge in [-0.3, -0.25) is 4.98 Å². The second kappa shape index (κ2) is 4.33. The van der Waals surface area contributed by atoms with E-state index < -0.39 is 17.6 Å². The topological polar surface area (TPSA) is 28.7 Å². The van der Waals surface area contributed by atoms with Crippen LogP contribution in [0.25, 0.3) is 22.2 Å². The molecule has 6 heteroatoms. The number of pyridine rings is 1. The summed E-state index contributed by atoms with van der Waals surface area (Å²) in [5.74, 6) is -1.29. The largest absolute Gasteiger partial charge is 0.419 e. The zero-order chi connectivity index (χ0) is 14.3. The van der Waals surface area contributed by atoms with Crippen LogP contribution in [0.4, 0.5) is 17.6 Å². The van der Waals surface area contributed by atoms with E-state index in [-0.39, 0.29) is 5.56 Å². The maximum Gasteiger partial charge on any atom is 0.419 e. The van der Waals surface area contributed by atoms with Crippen LogP contribution >= 0.6 is 0 Å². The molecule has 0 amide bonds. The molecule has 0 radical (unpaired) electrons. The van der Waals surface area contributed by atoms with E-state index >= 15 is 0 Å². The van der Waals surface area contributed by atoms with Crippen LogP contribution in [-0.4, -0.2) is 9.97 Å². The molecule has 3 aromatic rings. The molecule has 0 aliphatic heterocycles. The first-order valence-electron chi connectivity index (χ1n) is 5.76. The minimum absolute atomic E-state index is 0.121. The zero-order valence-electron chi connectivity index (χ0n) is 10.0. The number of benzene rings is 1. The third kappa shape index (κ3) is 1.93. The van der Waals surface area contributed by atoms with Gasteiger partial charge in [0.05, 0.1) is 16.6 Å². The van der Waals surface area contributed by atoms with Crippen LogP contribution < -0.4 is 0 Å². The molecule has 0 spiro atoms. The molecule has 1 aromatic carbocycles. The summed E-state index contributed by atoms with van der Waals surface area (Å²) in [5.41, 5.74) is -0.0145. The highest BCUT2D eigenvalue weighted by atomic mass is 19.4. The average molecular weight is 280 g/mol. The van der Waals surface area contributed by atoms with Crippen LogP contribution in [0.3, 0.4) is 0 Å². The van der Waals surface area contributed by atoms with Gasteiger partial charge in [-0.15, -0.1) is 0 Å². The van der Waals surface area contributed by atoms with Gasteiger partial charge in [-0.05, 0) is 18.2 Å². The van der Waals surface area contributed by atoms with Crippen LogP contribution in [-0.2, 0) is 6.18 Å². The van der Waals surface area contributed by atoms with Gasteiger partial charge in [0.2, 0.25) is 0 Å². The molecule has 0 saturated carbocycles. The van der Waals surface area contributed by atoms with Crippen molar-refractivity contribution in [3.8, 4) is 11.1 Å². The maximum absolute atomic E-state index is 14.1. The summed E-state index contributed by atoms with van der Waals surface area (Å²) in [6.45, 7) is 0. The van der Waals surface area contributed by atoms with Crippen LogP contribution in [0, 0.1) is 5.82 Å². The predicted octanol–water partition coefficient (Wildman–Crippen LogP) is 4.39. The van der Waals surface area contributed by atoms with Crippen molar-refractivity contribution in [2.24, 2.45) is 0 Å². The van der Waals surface area contributed by atoms with E-state index in [2.05, 4.69) is 9.97 Å². The Morgan fingerprint density at radius 2 is 1.80 bits per heavy atom. The van der Waals surface area contributed by atoms with E-state index in [4.69, 9.17) is 0 Å². The van der Waals surface area contributed by atoms with Gasteiger partial charge in [0.1, 0.15) is 5.82 Å². The SMILES string of the molecule is Fc1c(-c2c[nH]c3cccnc23)cccc1C(F)(F)F. The van der Waals surface area contributed by atoms with E-state index in [1.165, 1.54) is 24.5 Å². The van der Waals surface area contributed by atoms with E-state index in [9.17, 15) is 17.6 Å². The van der Waals surface area contributed by atoms with Gasteiger partial charge in [-0.1, -0.05) is 12.1 Å². The average Bonchev–Trinajstić information content (AvgIpc) is 2.81. The molecule has 0 aliphatic rings. The number of aromatic nitrogens is 2. The summed E-state index contributed by atoms with van der Waals surface area (Å²) in [6, 6.07) is 6.62. The Morgan fingerprint density at radius 3 is 2.55 bits per heavy atom. The molecule has 2 heterocycles. The highest BCUT2D eigenvalue weighted by Gasteiger charge is 2.35. The number of hydrogen-bond acceptors (Lipinski definition) is 1. The summed E-state index contributed by atoms with van der Waals surface area (Å²) in [6.07, 6.45) is -1.76. The summed E-state index contributed by atoms with van der Waals surface area (Å²) >= 11 is 0. The standard InChI is InChI=1S/C14H8F4N2/c15-12-8(3-1-4-10(12)14(16,17)18)9-7-20-11-5-2-6-19-13(9)11/h1-7,20H. The number of hydrogen-bond donors (Lipinski definition) is 1. The molecule has 0 aliphatic carbocycles. The summed E-state index contributed by atoms with van der Waals surface area (Å²) < 4.78 is 52.3. The molecular weight excluding hydrogens is 272 g/mol. The normalized spacial score (nSPS) is 12.0. The lowest BCUT2D eigenvalue weighted by Gasteiger charge is -2.10. The van der Waals surface area contributed by atoms with Crippen LogP contribution in [0.5, 0.6) is 0 Å². The number of nitrogens with one attached hydrogen (secondary N) is 1. The monoisotopic (exact) mass is 280 g/mol. The molecule has 2 nitrogen and oxygen atoms in total. The first kappa shape index (κ1) is 12.7. The molecule has 3 rings (SSSR count). The molecule has 0 bridgehead atoms. The number of aromatic amines is 1. The second-order valence-electron chi connectivity index (χ2n) is 4.27. The molecular formula is C14H8F4N2. The van der Waals surface area contributed by atoms with E-state index in [0.29, 0.717) is 16.6 Å². The highest BCUT2D eigenvalue weighted by molar-refractivity contribution is 5.92. The van der Waals surface area contributed by atoms with Crippen molar-refractivity contribution >= 4 is 11.0 Å². The Kier molecular flexibility index (Phi) is 2.74. The van der Waals surface area contributed by atoms with Gasteiger partial charge in [-0.2, -0.15) is 13.2 Å².